The molecule has 0 bridgehead atoms. The van der Waals surface area contributed by atoms with Crippen LogP contribution in [0.25, 0.3) is 22.3 Å². The highest BCUT2D eigenvalue weighted by Crippen LogP contribution is 2.42. The molecule has 1 aliphatic heterocycles. The van der Waals surface area contributed by atoms with Crippen LogP contribution in [0.15, 0.2) is 65.7 Å². The summed E-state index contributed by atoms with van der Waals surface area (Å²) in [5.74, 6) is 0. The van der Waals surface area contributed by atoms with Crippen LogP contribution in [0.3, 0.4) is 0 Å². The minimum absolute atomic E-state index is 0.0367. The van der Waals surface area contributed by atoms with E-state index in [9.17, 15) is 19.5 Å². The number of ether oxygens (including phenoxy) is 2. The molecule has 12 heteroatoms. The fraction of sp³-hybridized carbons (Fsp3) is 0.457. The number of amides is 2. The normalized spacial score (nSPS) is 17.2. The maximum absolute atomic E-state index is 13.6. The Morgan fingerprint density at radius 1 is 0.979 bits per heavy atom. The predicted molar refractivity (Wildman–Crippen MR) is 175 cm³/mol. The van der Waals surface area contributed by atoms with Gasteiger partial charge in [-0.15, -0.1) is 0 Å². The highest BCUT2D eigenvalue weighted by molar-refractivity contribution is 5.89. The first-order chi connectivity index (χ1) is 22.3. The van der Waals surface area contributed by atoms with Gasteiger partial charge in [0.2, 0.25) is 0 Å². The zero-order chi connectivity index (χ0) is 33.4. The van der Waals surface area contributed by atoms with Gasteiger partial charge in [0.1, 0.15) is 17.7 Å². The molecule has 2 aromatic carbocycles. The number of benzene rings is 2. The van der Waals surface area contributed by atoms with Gasteiger partial charge in [0, 0.05) is 25.7 Å². The van der Waals surface area contributed by atoms with Gasteiger partial charge in [-0.25, -0.2) is 14.6 Å². The van der Waals surface area contributed by atoms with Crippen LogP contribution in [0.2, 0.25) is 0 Å². The van der Waals surface area contributed by atoms with Crippen LogP contribution < -0.4 is 10.9 Å². The Hall–Kier alpha value is -4.71. The van der Waals surface area contributed by atoms with Crippen molar-refractivity contribution in [2.24, 2.45) is 7.05 Å². The number of aliphatic hydroxyl groups is 1. The number of carbonyl (C=O) groups excluding carboxylic acids is 2. The second-order valence-electron chi connectivity index (χ2n) is 13.7. The summed E-state index contributed by atoms with van der Waals surface area (Å²) in [5.41, 5.74) is 1.51. The predicted octanol–water partition coefficient (Wildman–Crippen LogP) is 4.86. The lowest BCUT2D eigenvalue weighted by molar-refractivity contribution is -0.0338. The Kier molecular flexibility index (Phi) is 8.56. The Labute approximate surface area is 273 Å². The van der Waals surface area contributed by atoms with Gasteiger partial charge >= 0.3 is 12.2 Å². The molecule has 4 aromatic rings. The third-order valence-corrected chi connectivity index (χ3v) is 9.09. The van der Waals surface area contributed by atoms with E-state index in [2.05, 4.69) is 15.4 Å². The second kappa shape index (κ2) is 12.5. The number of piperidine rings is 1. The third-order valence-electron chi connectivity index (χ3n) is 9.09. The Morgan fingerprint density at radius 3 is 2.28 bits per heavy atom. The van der Waals surface area contributed by atoms with E-state index < -0.39 is 28.9 Å². The quantitative estimate of drug-likeness (QED) is 0.291. The molecule has 2 N–H and O–H groups in total. The zero-order valence-corrected chi connectivity index (χ0v) is 27.4. The number of aryl methyl sites for hydroxylation is 1. The van der Waals surface area contributed by atoms with E-state index in [1.807, 2.05) is 75.4 Å². The number of likely N-dealkylation sites (tertiary alicyclic amines) is 1. The van der Waals surface area contributed by atoms with E-state index in [4.69, 9.17) is 9.47 Å². The molecule has 248 valence electrons. The molecule has 0 radical (unpaired) electrons. The minimum atomic E-state index is -1.19. The molecule has 2 fully saturated rings. The molecule has 0 atom stereocenters. The first kappa shape index (κ1) is 32.2. The minimum Gasteiger partial charge on any atom is -0.445 e. The summed E-state index contributed by atoms with van der Waals surface area (Å²) in [6.07, 6.45) is 3.84. The van der Waals surface area contributed by atoms with Crippen LogP contribution in [0.5, 0.6) is 0 Å². The van der Waals surface area contributed by atoms with Gasteiger partial charge < -0.3 is 24.8 Å². The van der Waals surface area contributed by atoms with E-state index in [1.54, 1.807) is 16.6 Å². The fourth-order valence-corrected chi connectivity index (χ4v) is 6.38. The molecule has 12 nitrogen and oxygen atoms in total. The summed E-state index contributed by atoms with van der Waals surface area (Å²) in [4.78, 5) is 44.9. The molecule has 2 amide bonds. The number of nitrogens with one attached hydrogen (secondary N) is 1. The monoisotopic (exact) mass is 642 g/mol. The smallest absolute Gasteiger partial charge is 0.410 e. The molecule has 1 saturated carbocycles. The number of nitrogens with zero attached hydrogens (tertiary/aromatic N) is 5. The highest BCUT2D eigenvalue weighted by atomic mass is 16.6. The van der Waals surface area contributed by atoms with Crippen LogP contribution in [0, 0.1) is 0 Å². The molecule has 47 heavy (non-hydrogen) atoms. The molecule has 3 heterocycles. The van der Waals surface area contributed by atoms with Gasteiger partial charge in [-0.3, -0.25) is 14.0 Å². The average Bonchev–Trinajstić information content (AvgIpc) is 3.36. The van der Waals surface area contributed by atoms with Crippen molar-refractivity contribution in [2.75, 3.05) is 13.1 Å². The van der Waals surface area contributed by atoms with E-state index in [1.165, 1.54) is 10.9 Å². The van der Waals surface area contributed by atoms with E-state index >= 15 is 0 Å². The summed E-state index contributed by atoms with van der Waals surface area (Å²) in [5, 5.41) is 19.0. The Bertz CT molecular complexity index is 1810. The lowest BCUT2D eigenvalue weighted by atomic mass is 9.71. The molecule has 2 aromatic heterocycles. The number of aromatic nitrogens is 4. The molecular weight excluding hydrogens is 600 g/mol. The third kappa shape index (κ3) is 6.87. The SMILES string of the molecule is Cn1nc2c(=O)n(CC3(O)CCN(C(=O)OCc4ccccc4)CC3)cnc2c1-c1ccc(C2(NC(=O)OC(C)(C)C)CCC2)cc1. The molecule has 2 aliphatic rings. The number of hydrogen-bond acceptors (Lipinski definition) is 8. The van der Waals surface area contributed by atoms with Crippen molar-refractivity contribution < 1.29 is 24.2 Å². The summed E-state index contributed by atoms with van der Waals surface area (Å²) < 4.78 is 14.0. The number of rotatable bonds is 7. The first-order valence-electron chi connectivity index (χ1n) is 16.1. The van der Waals surface area contributed by atoms with E-state index in [0.717, 1.165) is 36.0 Å². The topological polar surface area (TPSA) is 141 Å². The Morgan fingerprint density at radius 2 is 1.66 bits per heavy atom. The largest absolute Gasteiger partial charge is 0.445 e. The number of fused-ring (bicyclic) bond motifs is 1. The molecule has 1 saturated heterocycles. The van der Waals surface area contributed by atoms with Gasteiger partial charge in [0.05, 0.1) is 29.7 Å². The lowest BCUT2D eigenvalue weighted by Crippen LogP contribution is -2.52. The van der Waals surface area contributed by atoms with Crippen molar-refractivity contribution in [3.8, 4) is 11.3 Å². The van der Waals surface area contributed by atoms with Crippen LogP contribution in [0.1, 0.15) is 64.0 Å². The van der Waals surface area contributed by atoms with Crippen LogP contribution in [0.4, 0.5) is 9.59 Å². The van der Waals surface area contributed by atoms with Gasteiger partial charge in [-0.1, -0.05) is 54.6 Å². The molecule has 6 rings (SSSR count). The van der Waals surface area contributed by atoms with Gasteiger partial charge in [0.15, 0.2) is 5.52 Å². The average molecular weight is 643 g/mol. The summed E-state index contributed by atoms with van der Waals surface area (Å²) in [6, 6.07) is 17.4. The maximum atomic E-state index is 13.6. The van der Waals surface area contributed by atoms with Crippen LogP contribution in [-0.4, -0.2) is 65.8 Å². The lowest BCUT2D eigenvalue weighted by Gasteiger charge is -2.43. The van der Waals surface area contributed by atoms with E-state index in [0.29, 0.717) is 37.1 Å². The van der Waals surface area contributed by atoms with Crippen molar-refractivity contribution in [3.05, 3.63) is 82.4 Å². The van der Waals surface area contributed by atoms with Crippen molar-refractivity contribution in [3.63, 3.8) is 0 Å². The van der Waals surface area contributed by atoms with Crippen LogP contribution in [-0.2, 0) is 35.2 Å². The maximum Gasteiger partial charge on any atom is 0.410 e. The summed E-state index contributed by atoms with van der Waals surface area (Å²) >= 11 is 0. The van der Waals surface area contributed by atoms with Gasteiger partial charge in [-0.2, -0.15) is 5.10 Å². The second-order valence-corrected chi connectivity index (χ2v) is 13.7. The summed E-state index contributed by atoms with van der Waals surface area (Å²) in [7, 11) is 1.77. The number of alkyl carbamates (subject to hydrolysis) is 1. The molecule has 1 aliphatic carbocycles. The number of carbonyl (C=O) groups is 2. The Balaban J connectivity index is 1.13. The van der Waals surface area contributed by atoms with Crippen molar-refractivity contribution >= 4 is 23.2 Å². The molecular formula is C35H42N6O6. The van der Waals surface area contributed by atoms with Crippen molar-refractivity contribution in [2.45, 2.75) is 82.8 Å². The van der Waals surface area contributed by atoms with Crippen molar-refractivity contribution in [1.29, 1.82) is 0 Å². The number of hydrogen-bond donors (Lipinski definition) is 2. The van der Waals surface area contributed by atoms with Crippen LogP contribution >= 0.6 is 0 Å². The van der Waals surface area contributed by atoms with Gasteiger partial charge in [-0.05, 0) is 64.0 Å². The highest BCUT2D eigenvalue weighted by Gasteiger charge is 2.41. The van der Waals surface area contributed by atoms with E-state index in [-0.39, 0.29) is 24.2 Å². The standard InChI is InChI=1S/C35H42N6O6/c1-33(2,3)47-31(43)37-35(15-8-16-35)26-13-11-25(12-14-26)29-27-28(38-39(29)4)30(42)41(23-36-27)22-34(45)17-19-40(20-18-34)32(44)46-21-24-9-6-5-7-10-24/h5-7,9-14,23,45H,8,15-22H2,1-4H3,(H,37,43). The molecule has 0 spiro atoms. The van der Waals surface area contributed by atoms with Gasteiger partial charge in [0.25, 0.3) is 5.56 Å². The summed E-state index contributed by atoms with van der Waals surface area (Å²) in [6.45, 7) is 6.37. The molecule has 0 unspecified atom stereocenters. The zero-order valence-electron chi connectivity index (χ0n) is 27.4. The first-order valence-corrected chi connectivity index (χ1v) is 16.1. The van der Waals surface area contributed by atoms with Crippen molar-refractivity contribution in [1.82, 2.24) is 29.5 Å². The fourth-order valence-electron chi connectivity index (χ4n) is 6.38.